The Balaban J connectivity index is 1.38. The van der Waals surface area contributed by atoms with E-state index in [0.29, 0.717) is 5.92 Å². The summed E-state index contributed by atoms with van der Waals surface area (Å²) >= 11 is 0. The topological polar surface area (TPSA) is 54.0 Å². The fourth-order valence-corrected chi connectivity index (χ4v) is 3.70. The van der Waals surface area contributed by atoms with Crippen LogP contribution in [0.15, 0.2) is 24.3 Å². The van der Waals surface area contributed by atoms with Gasteiger partial charge in [0.2, 0.25) is 0 Å². The van der Waals surface area contributed by atoms with Crippen LogP contribution >= 0.6 is 0 Å². The molecule has 0 radical (unpaired) electrons. The maximum Gasteiger partial charge on any atom is 0.119 e. The van der Waals surface area contributed by atoms with Crippen LogP contribution in [0.25, 0.3) is 0 Å². The molecule has 3 rings (SSSR count). The van der Waals surface area contributed by atoms with Gasteiger partial charge in [-0.15, -0.1) is 0 Å². The molecular weight excluding hydrogens is 304 g/mol. The number of methoxy groups -OCH3 is 1. The molecule has 1 atom stereocenters. The lowest BCUT2D eigenvalue weighted by atomic mass is 9.91. The van der Waals surface area contributed by atoms with E-state index >= 15 is 0 Å². The fourth-order valence-electron chi connectivity index (χ4n) is 3.70. The lowest BCUT2D eigenvalue weighted by molar-refractivity contribution is -0.0238. The number of likely N-dealkylation sites (tertiary alicyclic amines) is 1. The molecule has 2 saturated heterocycles. The van der Waals surface area contributed by atoms with Crippen molar-refractivity contribution in [1.82, 2.24) is 10.2 Å². The van der Waals surface area contributed by atoms with Gasteiger partial charge < -0.3 is 24.8 Å². The Morgan fingerprint density at radius 2 is 1.92 bits per heavy atom. The van der Waals surface area contributed by atoms with Crippen LogP contribution in [0.1, 0.15) is 25.7 Å². The van der Waals surface area contributed by atoms with Crippen LogP contribution in [0.3, 0.4) is 0 Å². The summed E-state index contributed by atoms with van der Waals surface area (Å²) in [4.78, 5) is 2.41. The Hall–Kier alpha value is -1.30. The molecule has 0 bridgehead atoms. The van der Waals surface area contributed by atoms with Crippen LogP contribution in [0.2, 0.25) is 0 Å². The van der Waals surface area contributed by atoms with Gasteiger partial charge in [-0.25, -0.2) is 0 Å². The summed E-state index contributed by atoms with van der Waals surface area (Å²) in [6, 6.07) is 7.77. The van der Waals surface area contributed by atoms with Crippen molar-refractivity contribution in [3.05, 3.63) is 24.3 Å². The van der Waals surface area contributed by atoms with E-state index in [1.807, 2.05) is 24.3 Å². The third kappa shape index (κ3) is 4.85. The number of rotatable bonds is 6. The second kappa shape index (κ2) is 8.19. The van der Waals surface area contributed by atoms with E-state index in [-0.39, 0.29) is 0 Å². The summed E-state index contributed by atoms with van der Waals surface area (Å²) in [6.45, 7) is 5.44. The molecule has 2 heterocycles. The molecule has 1 aromatic carbocycles. The van der Waals surface area contributed by atoms with Gasteiger partial charge in [0.15, 0.2) is 0 Å². The van der Waals surface area contributed by atoms with Crippen LogP contribution in [0.5, 0.6) is 11.5 Å². The minimum absolute atomic E-state index is 0.537. The SMILES string of the molecule is COc1ccc(OCC2CCN(CC3(O)CCCNC3)CC2)cc1. The first kappa shape index (κ1) is 17.5. The minimum Gasteiger partial charge on any atom is -0.497 e. The molecule has 0 aliphatic carbocycles. The Labute approximate surface area is 144 Å². The number of hydrogen-bond donors (Lipinski definition) is 2. The van der Waals surface area contributed by atoms with Crippen molar-refractivity contribution >= 4 is 0 Å². The zero-order valence-electron chi connectivity index (χ0n) is 14.7. The summed E-state index contributed by atoms with van der Waals surface area (Å²) in [5.41, 5.74) is -0.537. The van der Waals surface area contributed by atoms with Crippen molar-refractivity contribution in [2.75, 3.05) is 46.4 Å². The quantitative estimate of drug-likeness (QED) is 0.832. The average Bonchev–Trinajstić information content (AvgIpc) is 2.62. The molecule has 24 heavy (non-hydrogen) atoms. The van der Waals surface area contributed by atoms with Gasteiger partial charge in [0.05, 0.1) is 19.3 Å². The van der Waals surface area contributed by atoms with Crippen molar-refractivity contribution in [3.63, 3.8) is 0 Å². The first-order valence-electron chi connectivity index (χ1n) is 9.09. The summed E-state index contributed by atoms with van der Waals surface area (Å²) in [6.07, 6.45) is 4.27. The molecule has 0 aromatic heterocycles. The molecule has 5 heteroatoms. The first-order valence-corrected chi connectivity index (χ1v) is 9.09. The highest BCUT2D eigenvalue weighted by atomic mass is 16.5. The Morgan fingerprint density at radius 3 is 2.54 bits per heavy atom. The molecule has 2 fully saturated rings. The number of aliphatic hydroxyl groups is 1. The van der Waals surface area contributed by atoms with Crippen molar-refractivity contribution < 1.29 is 14.6 Å². The lowest BCUT2D eigenvalue weighted by Gasteiger charge is -2.40. The molecule has 0 amide bonds. The van der Waals surface area contributed by atoms with Crippen LogP contribution < -0.4 is 14.8 Å². The number of ether oxygens (including phenoxy) is 2. The zero-order valence-corrected chi connectivity index (χ0v) is 14.7. The largest absolute Gasteiger partial charge is 0.497 e. The van der Waals surface area contributed by atoms with Crippen molar-refractivity contribution in [2.45, 2.75) is 31.3 Å². The van der Waals surface area contributed by atoms with Crippen molar-refractivity contribution in [1.29, 1.82) is 0 Å². The molecule has 2 aliphatic heterocycles. The normalized spacial score (nSPS) is 26.2. The zero-order chi connectivity index (χ0) is 16.8. The van der Waals surface area contributed by atoms with E-state index < -0.39 is 5.60 Å². The van der Waals surface area contributed by atoms with Gasteiger partial charge >= 0.3 is 0 Å². The number of nitrogens with one attached hydrogen (secondary N) is 1. The van der Waals surface area contributed by atoms with Gasteiger partial charge in [0, 0.05) is 13.1 Å². The number of β-amino-alcohol motifs (C(OH)–C–C–N with tert-alkyl or cyclic N) is 1. The number of benzene rings is 1. The lowest BCUT2D eigenvalue weighted by Crippen LogP contribution is -2.54. The molecule has 0 spiro atoms. The number of hydrogen-bond acceptors (Lipinski definition) is 5. The number of piperidine rings is 2. The van der Waals surface area contributed by atoms with E-state index in [4.69, 9.17) is 9.47 Å². The van der Waals surface area contributed by atoms with Crippen molar-refractivity contribution in [2.24, 2.45) is 5.92 Å². The molecule has 0 saturated carbocycles. The predicted octanol–water partition coefficient (Wildman–Crippen LogP) is 1.90. The van der Waals surface area contributed by atoms with Gasteiger partial charge in [-0.2, -0.15) is 0 Å². The smallest absolute Gasteiger partial charge is 0.119 e. The molecule has 5 nitrogen and oxygen atoms in total. The molecular formula is C19H30N2O3. The van der Waals surface area contributed by atoms with Gasteiger partial charge in [0.25, 0.3) is 0 Å². The highest BCUT2D eigenvalue weighted by Gasteiger charge is 2.32. The Bertz CT molecular complexity index is 492. The van der Waals surface area contributed by atoms with E-state index in [2.05, 4.69) is 10.2 Å². The fraction of sp³-hybridized carbons (Fsp3) is 0.684. The van der Waals surface area contributed by atoms with Crippen LogP contribution in [-0.2, 0) is 0 Å². The van der Waals surface area contributed by atoms with Gasteiger partial charge in [-0.1, -0.05) is 0 Å². The summed E-state index contributed by atoms with van der Waals surface area (Å²) in [5, 5.41) is 14.0. The van der Waals surface area contributed by atoms with Crippen molar-refractivity contribution in [3.8, 4) is 11.5 Å². The molecule has 2 N–H and O–H groups in total. The highest BCUT2D eigenvalue weighted by molar-refractivity contribution is 5.31. The average molecular weight is 334 g/mol. The third-order valence-electron chi connectivity index (χ3n) is 5.22. The van der Waals surface area contributed by atoms with Crippen LogP contribution in [-0.4, -0.2) is 62.0 Å². The van der Waals surface area contributed by atoms with Crippen LogP contribution in [0, 0.1) is 5.92 Å². The standard InChI is InChI=1S/C19H30N2O3/c1-23-17-3-5-18(6-4-17)24-13-16-7-11-21(12-8-16)15-19(22)9-2-10-20-14-19/h3-6,16,20,22H,2,7-15H2,1H3. The second-order valence-corrected chi connectivity index (χ2v) is 7.21. The summed E-state index contributed by atoms with van der Waals surface area (Å²) in [7, 11) is 1.67. The first-order chi connectivity index (χ1) is 11.7. The predicted molar refractivity (Wildman–Crippen MR) is 94.7 cm³/mol. The number of nitrogens with zero attached hydrogens (tertiary/aromatic N) is 1. The van der Waals surface area contributed by atoms with E-state index in [0.717, 1.165) is 76.5 Å². The van der Waals surface area contributed by atoms with E-state index in [1.54, 1.807) is 7.11 Å². The summed E-state index contributed by atoms with van der Waals surface area (Å²) in [5.74, 6) is 2.36. The van der Waals surface area contributed by atoms with Gasteiger partial charge in [0.1, 0.15) is 11.5 Å². The monoisotopic (exact) mass is 334 g/mol. The van der Waals surface area contributed by atoms with E-state index in [9.17, 15) is 5.11 Å². The third-order valence-corrected chi connectivity index (χ3v) is 5.22. The van der Waals surface area contributed by atoms with Crippen LogP contribution in [0.4, 0.5) is 0 Å². The molecule has 2 aliphatic rings. The highest BCUT2D eigenvalue weighted by Crippen LogP contribution is 2.24. The van der Waals surface area contributed by atoms with Gasteiger partial charge in [-0.3, -0.25) is 0 Å². The van der Waals surface area contributed by atoms with Gasteiger partial charge in [-0.05, 0) is 75.5 Å². The molecule has 134 valence electrons. The second-order valence-electron chi connectivity index (χ2n) is 7.21. The van der Waals surface area contributed by atoms with E-state index in [1.165, 1.54) is 0 Å². The maximum absolute atomic E-state index is 10.6. The molecule has 1 aromatic rings. The summed E-state index contributed by atoms with van der Waals surface area (Å²) < 4.78 is 11.1. The Morgan fingerprint density at radius 1 is 1.21 bits per heavy atom. The minimum atomic E-state index is -0.537. The Kier molecular flexibility index (Phi) is 5.98. The maximum atomic E-state index is 10.6. The molecule has 1 unspecified atom stereocenters.